The molecule has 1 rings (SSSR count). The summed E-state index contributed by atoms with van der Waals surface area (Å²) in [7, 11) is 0. The third-order valence-corrected chi connectivity index (χ3v) is 2.92. The van der Waals surface area contributed by atoms with Crippen LogP contribution in [0.25, 0.3) is 0 Å². The maximum atomic E-state index is 11.1. The molecule has 0 N–H and O–H groups in total. The zero-order valence-electron chi connectivity index (χ0n) is 6.37. The summed E-state index contributed by atoms with van der Waals surface area (Å²) in [5.74, 6) is 0.715. The van der Waals surface area contributed by atoms with E-state index in [2.05, 4.69) is 22.5 Å². The fourth-order valence-corrected chi connectivity index (χ4v) is 1.69. The first-order valence-electron chi connectivity index (χ1n) is 3.34. The van der Waals surface area contributed by atoms with Crippen molar-refractivity contribution in [3.8, 4) is 0 Å². The summed E-state index contributed by atoms with van der Waals surface area (Å²) in [6, 6.07) is 5.33. The van der Waals surface area contributed by atoms with Gasteiger partial charge in [0.2, 0.25) is 0 Å². The summed E-state index contributed by atoms with van der Waals surface area (Å²) in [5.41, 5.74) is 0. The highest BCUT2D eigenvalue weighted by Gasteiger charge is 2.03. The maximum absolute atomic E-state index is 11.1. The molecule has 0 aromatic carbocycles. The highest BCUT2D eigenvalue weighted by Crippen LogP contribution is 2.17. The van der Waals surface area contributed by atoms with Gasteiger partial charge in [0.05, 0.1) is 0 Å². The summed E-state index contributed by atoms with van der Waals surface area (Å²) in [4.78, 5) is 0. The largest absolute Gasteiger partial charge is 0.618 e. The van der Waals surface area contributed by atoms with Gasteiger partial charge in [0.15, 0.2) is 6.20 Å². The Morgan fingerprint density at radius 2 is 2.42 bits per heavy atom. The second kappa shape index (κ2) is 4.52. The molecule has 0 bridgehead atoms. The average Bonchev–Trinajstić information content (AvgIpc) is 2.03. The molecule has 0 atom stereocenters. The molecule has 12 heavy (non-hydrogen) atoms. The van der Waals surface area contributed by atoms with E-state index in [1.807, 2.05) is 6.07 Å². The number of aromatic nitrogens is 1. The number of halogens is 1. The first kappa shape index (κ1) is 9.61. The Balaban J connectivity index is 2.63. The Morgan fingerprint density at radius 3 is 3.00 bits per heavy atom. The normalized spacial score (nSPS) is 9.75. The van der Waals surface area contributed by atoms with E-state index in [9.17, 15) is 5.21 Å². The molecule has 0 aliphatic rings. The molecule has 4 heteroatoms. The first-order valence-corrected chi connectivity index (χ1v) is 5.12. The number of hydrogen-bond donors (Lipinski definition) is 0. The molecule has 0 fully saturated rings. The molecule has 64 valence electrons. The van der Waals surface area contributed by atoms with Gasteiger partial charge < -0.3 is 5.21 Å². The molecule has 1 aromatic heterocycles. The lowest BCUT2D eigenvalue weighted by Gasteiger charge is -2.01. The molecule has 0 saturated heterocycles. The van der Waals surface area contributed by atoms with E-state index in [-0.39, 0.29) is 0 Å². The molecule has 2 nitrogen and oxygen atoms in total. The van der Waals surface area contributed by atoms with Gasteiger partial charge in [0, 0.05) is 17.9 Å². The van der Waals surface area contributed by atoms with Gasteiger partial charge >= 0.3 is 0 Å². The zero-order valence-corrected chi connectivity index (χ0v) is 8.77. The van der Waals surface area contributed by atoms with Crippen LogP contribution >= 0.6 is 27.7 Å². The van der Waals surface area contributed by atoms with Crippen molar-refractivity contribution in [3.63, 3.8) is 0 Å². The van der Waals surface area contributed by atoms with Crippen molar-refractivity contribution in [3.05, 3.63) is 40.7 Å². The second-order valence-corrected chi connectivity index (χ2v) is 4.29. The van der Waals surface area contributed by atoms with Crippen LogP contribution < -0.4 is 4.73 Å². The summed E-state index contributed by atoms with van der Waals surface area (Å²) < 4.78 is 1.73. The number of nitrogens with zero attached hydrogens (tertiary/aromatic N) is 1. The van der Waals surface area contributed by atoms with E-state index in [0.717, 1.165) is 9.21 Å². The number of thioether (sulfide) groups is 1. The van der Waals surface area contributed by atoms with E-state index in [4.69, 9.17) is 0 Å². The van der Waals surface area contributed by atoms with Crippen molar-refractivity contribution in [2.75, 3.05) is 5.75 Å². The maximum Gasteiger partial charge on any atom is 0.251 e. The van der Waals surface area contributed by atoms with Crippen LogP contribution in [0.1, 0.15) is 0 Å². The van der Waals surface area contributed by atoms with E-state index in [1.54, 1.807) is 12.1 Å². The Hall–Kier alpha value is -0.480. The lowest BCUT2D eigenvalue weighted by molar-refractivity contribution is -0.645. The van der Waals surface area contributed by atoms with E-state index in [0.29, 0.717) is 10.8 Å². The summed E-state index contributed by atoms with van der Waals surface area (Å²) in [5, 5.41) is 11.8. The monoisotopic (exact) mass is 245 g/mol. The Bertz CT molecular complexity index is 290. The zero-order chi connectivity index (χ0) is 8.97. The van der Waals surface area contributed by atoms with Crippen LogP contribution in [0.3, 0.4) is 0 Å². The average molecular weight is 246 g/mol. The van der Waals surface area contributed by atoms with Gasteiger partial charge in [-0.25, -0.2) is 0 Å². The predicted octanol–water partition coefficient (Wildman–Crippen LogP) is 2.32. The van der Waals surface area contributed by atoms with Gasteiger partial charge in [0.25, 0.3) is 5.03 Å². The topological polar surface area (TPSA) is 26.9 Å². The predicted molar refractivity (Wildman–Crippen MR) is 54.2 cm³/mol. The fraction of sp³-hybridized carbons (Fsp3) is 0.125. The van der Waals surface area contributed by atoms with Crippen molar-refractivity contribution in [2.45, 2.75) is 5.03 Å². The summed E-state index contributed by atoms with van der Waals surface area (Å²) >= 11 is 4.69. The van der Waals surface area contributed by atoms with Crippen molar-refractivity contribution in [1.29, 1.82) is 0 Å². The van der Waals surface area contributed by atoms with Crippen LogP contribution in [0.4, 0.5) is 0 Å². The standard InChI is InChI=1S/C8H8BrNOS/c1-7(9)6-12-8-4-2-3-5-10(8)11/h2-5H,1,6H2. The van der Waals surface area contributed by atoms with Crippen LogP contribution in [-0.2, 0) is 0 Å². The molecule has 0 aliphatic carbocycles. The first-order chi connectivity index (χ1) is 5.70. The third kappa shape index (κ3) is 2.87. The molecule has 0 aliphatic heterocycles. The molecule has 0 amide bonds. The molecule has 0 unspecified atom stereocenters. The van der Waals surface area contributed by atoms with Crippen LogP contribution in [0.2, 0.25) is 0 Å². The Morgan fingerprint density at radius 1 is 1.67 bits per heavy atom. The highest BCUT2D eigenvalue weighted by molar-refractivity contribution is 9.11. The van der Waals surface area contributed by atoms with Gasteiger partial charge in [0.1, 0.15) is 0 Å². The van der Waals surface area contributed by atoms with Crippen molar-refractivity contribution >= 4 is 27.7 Å². The minimum absolute atomic E-state index is 0.693. The lowest BCUT2D eigenvalue weighted by Crippen LogP contribution is -2.27. The summed E-state index contributed by atoms with van der Waals surface area (Å²) in [6.45, 7) is 3.68. The van der Waals surface area contributed by atoms with E-state index >= 15 is 0 Å². The molecule has 0 radical (unpaired) electrons. The smallest absolute Gasteiger partial charge is 0.251 e. The quantitative estimate of drug-likeness (QED) is 0.465. The molecular weight excluding hydrogens is 238 g/mol. The molecule has 0 spiro atoms. The number of rotatable bonds is 3. The van der Waals surface area contributed by atoms with Crippen LogP contribution in [0.15, 0.2) is 40.5 Å². The Kier molecular flexibility index (Phi) is 3.62. The second-order valence-electron chi connectivity index (χ2n) is 2.17. The molecule has 1 heterocycles. The van der Waals surface area contributed by atoms with Crippen LogP contribution in [0, 0.1) is 5.21 Å². The van der Waals surface area contributed by atoms with Crippen LogP contribution in [0.5, 0.6) is 0 Å². The fourth-order valence-electron chi connectivity index (χ4n) is 0.677. The van der Waals surface area contributed by atoms with Crippen molar-refractivity contribution in [2.24, 2.45) is 0 Å². The van der Waals surface area contributed by atoms with Gasteiger partial charge in [-0.3, -0.25) is 0 Å². The van der Waals surface area contributed by atoms with E-state index < -0.39 is 0 Å². The summed E-state index contributed by atoms with van der Waals surface area (Å²) in [6.07, 6.45) is 1.49. The van der Waals surface area contributed by atoms with Crippen LogP contribution in [-0.4, -0.2) is 5.75 Å². The van der Waals surface area contributed by atoms with Crippen molar-refractivity contribution in [1.82, 2.24) is 0 Å². The van der Waals surface area contributed by atoms with Crippen molar-refractivity contribution < 1.29 is 4.73 Å². The third-order valence-electron chi connectivity index (χ3n) is 1.17. The minimum Gasteiger partial charge on any atom is -0.618 e. The van der Waals surface area contributed by atoms with Gasteiger partial charge in [-0.15, -0.1) is 0 Å². The lowest BCUT2D eigenvalue weighted by atomic mass is 10.5. The molecule has 1 aromatic rings. The highest BCUT2D eigenvalue weighted by atomic mass is 79.9. The number of hydrogen-bond acceptors (Lipinski definition) is 2. The van der Waals surface area contributed by atoms with Gasteiger partial charge in [-0.1, -0.05) is 34.3 Å². The minimum atomic E-state index is 0.693. The number of pyridine rings is 1. The van der Waals surface area contributed by atoms with Gasteiger partial charge in [-0.05, 0) is 10.5 Å². The van der Waals surface area contributed by atoms with Gasteiger partial charge in [-0.2, -0.15) is 4.73 Å². The molecule has 0 saturated carbocycles. The SMILES string of the molecule is C=C(Br)CSc1cccc[n+]1[O-]. The Labute approximate surface area is 84.0 Å². The van der Waals surface area contributed by atoms with E-state index in [1.165, 1.54) is 18.0 Å². The molecular formula is C8H8BrNOS.